The summed E-state index contributed by atoms with van der Waals surface area (Å²) >= 11 is 7.05. The molecule has 96 valence electrons. The van der Waals surface area contributed by atoms with E-state index in [0.717, 1.165) is 4.88 Å². The second-order valence-electron chi connectivity index (χ2n) is 3.59. The van der Waals surface area contributed by atoms with Gasteiger partial charge in [0.2, 0.25) is 0 Å². The summed E-state index contributed by atoms with van der Waals surface area (Å²) in [5.41, 5.74) is 5.70. The number of hydrogen-bond donors (Lipinski definition) is 1. The fourth-order valence-electron chi connectivity index (χ4n) is 1.44. The molecular formula is C12H10ClF2NOS. The Morgan fingerprint density at radius 1 is 1.22 bits per heavy atom. The van der Waals surface area contributed by atoms with Gasteiger partial charge in [0.1, 0.15) is 6.61 Å². The summed E-state index contributed by atoms with van der Waals surface area (Å²) in [6.07, 6.45) is 0. The average Bonchev–Trinajstić information content (AvgIpc) is 2.73. The minimum absolute atomic E-state index is 0.0766. The Labute approximate surface area is 112 Å². The van der Waals surface area contributed by atoms with Gasteiger partial charge in [-0.3, -0.25) is 0 Å². The lowest BCUT2D eigenvalue weighted by Crippen LogP contribution is -2.02. The molecule has 0 aliphatic rings. The number of nitrogens with two attached hydrogens (primary N) is 1. The van der Waals surface area contributed by atoms with E-state index in [1.165, 1.54) is 23.5 Å². The predicted molar refractivity (Wildman–Crippen MR) is 67.9 cm³/mol. The van der Waals surface area contributed by atoms with Gasteiger partial charge in [0.15, 0.2) is 17.4 Å². The third-order valence-corrected chi connectivity index (χ3v) is 3.49. The van der Waals surface area contributed by atoms with Crippen molar-refractivity contribution in [3.05, 3.63) is 50.7 Å². The molecule has 0 radical (unpaired) electrons. The van der Waals surface area contributed by atoms with Crippen molar-refractivity contribution in [2.75, 3.05) is 0 Å². The summed E-state index contributed by atoms with van der Waals surface area (Å²) in [6, 6.07) is 5.78. The van der Waals surface area contributed by atoms with E-state index in [1.54, 1.807) is 12.1 Å². The predicted octanol–water partition coefficient (Wildman–Crippen LogP) is 3.72. The zero-order chi connectivity index (χ0) is 13.1. The van der Waals surface area contributed by atoms with Crippen LogP contribution in [0.15, 0.2) is 24.3 Å². The molecule has 0 saturated heterocycles. The van der Waals surface area contributed by atoms with Crippen molar-refractivity contribution in [3.63, 3.8) is 0 Å². The summed E-state index contributed by atoms with van der Waals surface area (Å²) in [5.74, 6) is -1.90. The largest absolute Gasteiger partial charge is 0.482 e. The maximum Gasteiger partial charge on any atom is 0.191 e. The van der Waals surface area contributed by atoms with Gasteiger partial charge < -0.3 is 10.5 Å². The van der Waals surface area contributed by atoms with Gasteiger partial charge in [0, 0.05) is 11.4 Å². The molecule has 2 aromatic rings. The van der Waals surface area contributed by atoms with Crippen LogP contribution < -0.4 is 10.5 Å². The van der Waals surface area contributed by atoms with Crippen LogP contribution in [0.3, 0.4) is 0 Å². The number of benzene rings is 1. The standard InChI is InChI=1S/C12H10ClF2NOS/c13-11-2-1-8(18-11)6-17-12-9(14)3-7(5-16)4-10(12)15/h1-4H,5-6,16H2. The highest BCUT2D eigenvalue weighted by atomic mass is 35.5. The molecule has 0 aliphatic heterocycles. The third-order valence-electron chi connectivity index (χ3n) is 2.28. The first-order valence-electron chi connectivity index (χ1n) is 5.15. The van der Waals surface area contributed by atoms with E-state index in [4.69, 9.17) is 22.1 Å². The van der Waals surface area contributed by atoms with Gasteiger partial charge in [-0.25, -0.2) is 8.78 Å². The third kappa shape index (κ3) is 2.98. The molecule has 1 aromatic carbocycles. The molecule has 1 aromatic heterocycles. The summed E-state index contributed by atoms with van der Waals surface area (Å²) in [6.45, 7) is 0.155. The fourth-order valence-corrected chi connectivity index (χ4v) is 2.44. The van der Waals surface area contributed by atoms with Crippen LogP contribution in [0.4, 0.5) is 8.78 Å². The van der Waals surface area contributed by atoms with Crippen LogP contribution >= 0.6 is 22.9 Å². The molecule has 0 atom stereocenters. The highest BCUT2D eigenvalue weighted by Crippen LogP contribution is 2.26. The van der Waals surface area contributed by atoms with Gasteiger partial charge in [-0.2, -0.15) is 0 Å². The van der Waals surface area contributed by atoms with Gasteiger partial charge in [0.25, 0.3) is 0 Å². The van der Waals surface area contributed by atoms with Gasteiger partial charge in [-0.05, 0) is 29.8 Å². The van der Waals surface area contributed by atoms with Crippen molar-refractivity contribution in [3.8, 4) is 5.75 Å². The number of rotatable bonds is 4. The van der Waals surface area contributed by atoms with Crippen LogP contribution in [-0.2, 0) is 13.2 Å². The highest BCUT2D eigenvalue weighted by molar-refractivity contribution is 7.16. The first-order chi connectivity index (χ1) is 8.60. The van der Waals surface area contributed by atoms with E-state index < -0.39 is 17.4 Å². The topological polar surface area (TPSA) is 35.2 Å². The Balaban J connectivity index is 2.14. The Morgan fingerprint density at radius 2 is 1.89 bits per heavy atom. The lowest BCUT2D eigenvalue weighted by Gasteiger charge is -2.08. The highest BCUT2D eigenvalue weighted by Gasteiger charge is 2.12. The van der Waals surface area contributed by atoms with Gasteiger partial charge in [-0.1, -0.05) is 11.6 Å². The van der Waals surface area contributed by atoms with Crippen LogP contribution in [0, 0.1) is 11.6 Å². The quantitative estimate of drug-likeness (QED) is 0.931. The van der Waals surface area contributed by atoms with E-state index >= 15 is 0 Å². The zero-order valence-electron chi connectivity index (χ0n) is 9.25. The van der Waals surface area contributed by atoms with Crippen LogP contribution in [0.5, 0.6) is 5.75 Å². The Morgan fingerprint density at radius 3 is 2.39 bits per heavy atom. The van der Waals surface area contributed by atoms with E-state index in [9.17, 15) is 8.78 Å². The minimum Gasteiger partial charge on any atom is -0.482 e. The fraction of sp³-hybridized carbons (Fsp3) is 0.167. The maximum atomic E-state index is 13.6. The number of hydrogen-bond acceptors (Lipinski definition) is 3. The van der Waals surface area contributed by atoms with Crippen LogP contribution in [0.1, 0.15) is 10.4 Å². The monoisotopic (exact) mass is 289 g/mol. The summed E-state index contributed by atoms with van der Waals surface area (Å²) in [5, 5.41) is 0. The Kier molecular flexibility index (Phi) is 4.16. The molecule has 1 heterocycles. The number of ether oxygens (including phenoxy) is 1. The van der Waals surface area contributed by atoms with Crippen molar-refractivity contribution in [2.45, 2.75) is 13.2 Å². The smallest absolute Gasteiger partial charge is 0.191 e. The second kappa shape index (κ2) is 5.65. The molecule has 0 spiro atoms. The molecule has 0 aliphatic carbocycles. The molecule has 0 amide bonds. The van der Waals surface area contributed by atoms with Crippen molar-refractivity contribution >= 4 is 22.9 Å². The van der Waals surface area contributed by atoms with Gasteiger partial charge in [-0.15, -0.1) is 11.3 Å². The molecule has 0 saturated carbocycles. The van der Waals surface area contributed by atoms with E-state index in [0.29, 0.717) is 9.90 Å². The first kappa shape index (κ1) is 13.3. The van der Waals surface area contributed by atoms with Crippen LogP contribution in [-0.4, -0.2) is 0 Å². The van der Waals surface area contributed by atoms with E-state index in [2.05, 4.69) is 0 Å². The molecule has 2 rings (SSSR count). The minimum atomic E-state index is -0.752. The molecule has 0 unspecified atom stereocenters. The molecule has 18 heavy (non-hydrogen) atoms. The van der Waals surface area contributed by atoms with Gasteiger partial charge >= 0.3 is 0 Å². The van der Waals surface area contributed by atoms with Crippen molar-refractivity contribution < 1.29 is 13.5 Å². The molecule has 6 heteroatoms. The number of thiophene rings is 1. The van der Waals surface area contributed by atoms with E-state index in [-0.39, 0.29) is 13.2 Å². The molecule has 0 bridgehead atoms. The zero-order valence-corrected chi connectivity index (χ0v) is 10.8. The van der Waals surface area contributed by atoms with Gasteiger partial charge in [0.05, 0.1) is 4.34 Å². The number of halogens is 3. The van der Waals surface area contributed by atoms with Crippen LogP contribution in [0.25, 0.3) is 0 Å². The van der Waals surface area contributed by atoms with Crippen molar-refractivity contribution in [2.24, 2.45) is 5.73 Å². The van der Waals surface area contributed by atoms with Crippen molar-refractivity contribution in [1.29, 1.82) is 0 Å². The molecule has 2 nitrogen and oxygen atoms in total. The maximum absolute atomic E-state index is 13.6. The summed E-state index contributed by atoms with van der Waals surface area (Å²) < 4.78 is 32.9. The SMILES string of the molecule is NCc1cc(F)c(OCc2ccc(Cl)s2)c(F)c1. The normalized spacial score (nSPS) is 10.7. The molecule has 2 N–H and O–H groups in total. The lowest BCUT2D eigenvalue weighted by atomic mass is 10.2. The molecular weight excluding hydrogens is 280 g/mol. The average molecular weight is 290 g/mol. The first-order valence-corrected chi connectivity index (χ1v) is 6.34. The Bertz CT molecular complexity index is 536. The summed E-state index contributed by atoms with van der Waals surface area (Å²) in [4.78, 5) is 0.793. The Hall–Kier alpha value is -1.17. The lowest BCUT2D eigenvalue weighted by molar-refractivity contribution is 0.276. The van der Waals surface area contributed by atoms with Crippen molar-refractivity contribution in [1.82, 2.24) is 0 Å². The van der Waals surface area contributed by atoms with E-state index in [1.807, 2.05) is 0 Å². The molecule has 0 fully saturated rings. The summed E-state index contributed by atoms with van der Waals surface area (Å²) in [7, 11) is 0. The second-order valence-corrected chi connectivity index (χ2v) is 5.39. The van der Waals surface area contributed by atoms with Crippen LogP contribution in [0.2, 0.25) is 4.34 Å².